The van der Waals surface area contributed by atoms with Gasteiger partial charge in [0.2, 0.25) is 5.91 Å². The summed E-state index contributed by atoms with van der Waals surface area (Å²) < 4.78 is 0. The minimum Gasteiger partial charge on any atom is -0.312 e. The van der Waals surface area contributed by atoms with Gasteiger partial charge >= 0.3 is 0 Å². The zero-order valence-electron chi connectivity index (χ0n) is 8.74. The summed E-state index contributed by atoms with van der Waals surface area (Å²) in [6.45, 7) is 0.694. The van der Waals surface area contributed by atoms with Gasteiger partial charge in [-0.05, 0) is 30.2 Å². The number of nitrogens with zero attached hydrogens (tertiary/aromatic N) is 2. The van der Waals surface area contributed by atoms with Crippen molar-refractivity contribution >= 4 is 23.2 Å². The predicted molar refractivity (Wildman–Crippen MR) is 62.6 cm³/mol. The largest absolute Gasteiger partial charge is 0.312 e. The topological polar surface area (TPSA) is 44.1 Å². The maximum absolute atomic E-state index is 11.7. The van der Waals surface area contributed by atoms with Gasteiger partial charge in [0.15, 0.2) is 0 Å². The summed E-state index contributed by atoms with van der Waals surface area (Å²) in [4.78, 5) is 13.5. The second kappa shape index (κ2) is 4.54. The summed E-state index contributed by atoms with van der Waals surface area (Å²) in [7, 11) is 0. The van der Waals surface area contributed by atoms with Crippen LogP contribution >= 0.6 is 11.6 Å². The van der Waals surface area contributed by atoms with E-state index in [1.165, 1.54) is 0 Å². The average molecular weight is 235 g/mol. The summed E-state index contributed by atoms with van der Waals surface area (Å²) in [5.41, 5.74) is 2.64. The first kappa shape index (κ1) is 11.0. The molecule has 0 bridgehead atoms. The van der Waals surface area contributed by atoms with Gasteiger partial charge < -0.3 is 4.90 Å². The summed E-state index contributed by atoms with van der Waals surface area (Å²) >= 11 is 5.56. The van der Waals surface area contributed by atoms with Crippen LogP contribution in [0.1, 0.15) is 17.5 Å². The molecule has 0 aliphatic carbocycles. The lowest BCUT2D eigenvalue weighted by atomic mass is 10.1. The first-order chi connectivity index (χ1) is 7.76. The molecule has 0 atom stereocenters. The van der Waals surface area contributed by atoms with Crippen LogP contribution in [0, 0.1) is 11.3 Å². The fraction of sp³-hybridized carbons (Fsp3) is 0.333. The highest BCUT2D eigenvalue weighted by atomic mass is 35.5. The lowest BCUT2D eigenvalue weighted by Crippen LogP contribution is -2.28. The quantitative estimate of drug-likeness (QED) is 0.736. The Morgan fingerprint density at radius 2 is 2.38 bits per heavy atom. The number of benzene rings is 1. The highest BCUT2D eigenvalue weighted by Crippen LogP contribution is 2.29. The van der Waals surface area contributed by atoms with Crippen molar-refractivity contribution in [2.75, 3.05) is 17.3 Å². The smallest absolute Gasteiger partial charge is 0.228 e. The molecule has 0 unspecified atom stereocenters. The number of carbonyl (C=O) groups excluding carboxylic acids is 1. The number of alkyl halides is 1. The van der Waals surface area contributed by atoms with Crippen LogP contribution in [0.4, 0.5) is 5.69 Å². The van der Waals surface area contributed by atoms with E-state index in [0.717, 1.165) is 17.7 Å². The lowest BCUT2D eigenvalue weighted by Gasteiger charge is -2.16. The number of halogens is 1. The number of hydrogen-bond acceptors (Lipinski definition) is 2. The van der Waals surface area contributed by atoms with Crippen LogP contribution in [-0.4, -0.2) is 18.3 Å². The van der Waals surface area contributed by atoms with E-state index in [4.69, 9.17) is 16.9 Å². The Bertz CT molecular complexity index is 465. The molecule has 0 radical (unpaired) electrons. The van der Waals surface area contributed by atoms with Gasteiger partial charge in [-0.3, -0.25) is 4.79 Å². The van der Waals surface area contributed by atoms with Crippen molar-refractivity contribution in [1.29, 1.82) is 5.26 Å². The molecule has 1 heterocycles. The molecular formula is C12H11ClN2O. The van der Waals surface area contributed by atoms with E-state index in [9.17, 15) is 4.79 Å². The minimum absolute atomic E-state index is 0.0541. The third-order valence-electron chi connectivity index (χ3n) is 2.71. The highest BCUT2D eigenvalue weighted by Gasteiger charge is 2.23. The van der Waals surface area contributed by atoms with Gasteiger partial charge in [-0.15, -0.1) is 11.6 Å². The van der Waals surface area contributed by atoms with Crippen LogP contribution in [0.5, 0.6) is 0 Å². The van der Waals surface area contributed by atoms with Gasteiger partial charge in [-0.2, -0.15) is 5.26 Å². The van der Waals surface area contributed by atoms with Crippen molar-refractivity contribution in [2.45, 2.75) is 12.8 Å². The van der Waals surface area contributed by atoms with Gasteiger partial charge in [0.25, 0.3) is 0 Å². The first-order valence-electron chi connectivity index (χ1n) is 5.15. The molecule has 0 spiro atoms. The van der Waals surface area contributed by atoms with Crippen LogP contribution in [0.25, 0.3) is 0 Å². The Kier molecular flexibility index (Phi) is 3.12. The molecule has 16 heavy (non-hydrogen) atoms. The molecule has 1 aromatic rings. The molecule has 1 aromatic carbocycles. The molecule has 0 fully saturated rings. The summed E-state index contributed by atoms with van der Waals surface area (Å²) in [5, 5.41) is 8.78. The molecule has 4 heteroatoms. The Morgan fingerprint density at radius 3 is 3.06 bits per heavy atom. The second-order valence-electron chi connectivity index (χ2n) is 3.69. The third kappa shape index (κ3) is 1.89. The van der Waals surface area contributed by atoms with Crippen LogP contribution in [0.2, 0.25) is 0 Å². The van der Waals surface area contributed by atoms with E-state index in [1.54, 1.807) is 11.0 Å². The molecule has 1 amide bonds. The zero-order chi connectivity index (χ0) is 11.5. The number of fused-ring (bicyclic) bond motifs is 1. The molecule has 82 valence electrons. The molecule has 0 aromatic heterocycles. The fourth-order valence-electron chi connectivity index (χ4n) is 1.95. The predicted octanol–water partition coefficient (Wildman–Crippen LogP) is 2.08. The zero-order valence-corrected chi connectivity index (χ0v) is 9.50. The Hall–Kier alpha value is -1.53. The molecule has 0 N–H and O–H groups in total. The Balaban J connectivity index is 2.27. The highest BCUT2D eigenvalue weighted by molar-refractivity contribution is 6.19. The van der Waals surface area contributed by atoms with E-state index in [0.29, 0.717) is 24.4 Å². The minimum atomic E-state index is 0.0541. The van der Waals surface area contributed by atoms with Crippen LogP contribution in [0.15, 0.2) is 18.2 Å². The van der Waals surface area contributed by atoms with E-state index < -0.39 is 0 Å². The van der Waals surface area contributed by atoms with Crippen molar-refractivity contribution in [3.8, 4) is 6.07 Å². The number of amides is 1. The number of carbonyl (C=O) groups is 1. The van der Waals surface area contributed by atoms with Gasteiger partial charge in [-0.25, -0.2) is 0 Å². The van der Waals surface area contributed by atoms with E-state index in [2.05, 4.69) is 6.07 Å². The lowest BCUT2D eigenvalue weighted by molar-refractivity contribution is -0.118. The molecule has 0 saturated carbocycles. The molecule has 2 rings (SSSR count). The van der Waals surface area contributed by atoms with Crippen molar-refractivity contribution in [2.24, 2.45) is 0 Å². The number of rotatable bonds is 2. The molecule has 1 aliphatic rings. The summed E-state index contributed by atoms with van der Waals surface area (Å²) in [6.07, 6.45) is 1.18. The molecule has 3 nitrogen and oxygen atoms in total. The molecule has 1 aliphatic heterocycles. The first-order valence-corrected chi connectivity index (χ1v) is 5.69. The number of nitriles is 1. The monoisotopic (exact) mass is 234 g/mol. The second-order valence-corrected chi connectivity index (χ2v) is 4.07. The fourth-order valence-corrected chi connectivity index (χ4v) is 2.11. The van der Waals surface area contributed by atoms with Crippen molar-refractivity contribution in [3.05, 3.63) is 29.3 Å². The van der Waals surface area contributed by atoms with E-state index in [1.807, 2.05) is 12.1 Å². The Labute approximate surface area is 99.2 Å². The van der Waals surface area contributed by atoms with Crippen molar-refractivity contribution < 1.29 is 4.79 Å². The standard InChI is InChI=1S/C12H11ClN2O/c13-5-3-12(16)15-6-4-10-7-9(8-14)1-2-11(10)15/h1-2,7H,3-6H2. The number of anilines is 1. The van der Waals surface area contributed by atoms with Gasteiger partial charge in [-0.1, -0.05) is 0 Å². The van der Waals surface area contributed by atoms with Crippen LogP contribution in [-0.2, 0) is 11.2 Å². The SMILES string of the molecule is N#Cc1ccc2c(c1)CCN2C(=O)CCCl. The van der Waals surface area contributed by atoms with Gasteiger partial charge in [0.05, 0.1) is 11.6 Å². The Morgan fingerprint density at radius 1 is 1.56 bits per heavy atom. The van der Waals surface area contributed by atoms with Crippen molar-refractivity contribution in [1.82, 2.24) is 0 Å². The average Bonchev–Trinajstić information content (AvgIpc) is 2.71. The van der Waals surface area contributed by atoms with Crippen LogP contribution < -0.4 is 4.90 Å². The maximum atomic E-state index is 11.7. The number of hydrogen-bond donors (Lipinski definition) is 0. The molecular weight excluding hydrogens is 224 g/mol. The van der Waals surface area contributed by atoms with E-state index in [-0.39, 0.29) is 5.91 Å². The van der Waals surface area contributed by atoms with Gasteiger partial charge in [0.1, 0.15) is 0 Å². The van der Waals surface area contributed by atoms with Gasteiger partial charge in [0, 0.05) is 24.5 Å². The normalized spacial score (nSPS) is 13.4. The molecule has 0 saturated heterocycles. The van der Waals surface area contributed by atoms with E-state index >= 15 is 0 Å². The summed E-state index contributed by atoms with van der Waals surface area (Å²) in [6, 6.07) is 7.53. The van der Waals surface area contributed by atoms with Crippen molar-refractivity contribution in [3.63, 3.8) is 0 Å². The van der Waals surface area contributed by atoms with Crippen LogP contribution in [0.3, 0.4) is 0 Å². The maximum Gasteiger partial charge on any atom is 0.228 e. The summed E-state index contributed by atoms with van der Waals surface area (Å²) in [5.74, 6) is 0.402. The third-order valence-corrected chi connectivity index (χ3v) is 2.90.